The minimum Gasteiger partial charge on any atom is -0.371 e. The lowest BCUT2D eigenvalue weighted by molar-refractivity contribution is -0.126. The fourth-order valence-corrected chi connectivity index (χ4v) is 5.24. The van der Waals surface area contributed by atoms with E-state index in [2.05, 4.69) is 16.4 Å². The fraction of sp³-hybridized carbons (Fsp3) is 0.579. The van der Waals surface area contributed by atoms with Gasteiger partial charge in [-0.2, -0.15) is 5.26 Å². The molecule has 7 heteroatoms. The zero-order chi connectivity index (χ0) is 18.3. The lowest BCUT2D eigenvalue weighted by Gasteiger charge is -2.34. The average molecular weight is 393 g/mol. The van der Waals surface area contributed by atoms with Crippen molar-refractivity contribution in [3.63, 3.8) is 0 Å². The van der Waals surface area contributed by atoms with Gasteiger partial charge in [-0.3, -0.25) is 4.79 Å². The number of amides is 1. The number of carbonyl (C=O) groups is 1. The molecule has 1 aromatic rings. The van der Waals surface area contributed by atoms with E-state index in [-0.39, 0.29) is 23.9 Å². The first-order chi connectivity index (χ1) is 12.5. The number of hydrogen-bond donors (Lipinski definition) is 1. The van der Waals surface area contributed by atoms with Crippen LogP contribution >= 0.6 is 23.2 Å². The van der Waals surface area contributed by atoms with Crippen molar-refractivity contribution in [1.29, 1.82) is 5.26 Å². The highest BCUT2D eigenvalue weighted by molar-refractivity contribution is 6.35. The predicted molar refractivity (Wildman–Crippen MR) is 102 cm³/mol. The Bertz CT molecular complexity index is 721. The molecule has 26 heavy (non-hydrogen) atoms. The van der Waals surface area contributed by atoms with E-state index >= 15 is 0 Å². The molecule has 2 bridgehead atoms. The third kappa shape index (κ3) is 3.33. The third-order valence-electron chi connectivity index (χ3n) is 6.06. The molecule has 1 aromatic carbocycles. The maximum absolute atomic E-state index is 12.7. The lowest BCUT2D eigenvalue weighted by atomic mass is 9.92. The lowest BCUT2D eigenvalue weighted by Crippen LogP contribution is -2.47. The van der Waals surface area contributed by atoms with Crippen molar-refractivity contribution in [2.45, 2.75) is 50.2 Å². The summed E-state index contributed by atoms with van der Waals surface area (Å²) in [5.74, 6) is 0.180. The summed E-state index contributed by atoms with van der Waals surface area (Å²) in [5.41, 5.74) is 1.01. The molecule has 3 heterocycles. The molecule has 3 saturated heterocycles. The van der Waals surface area contributed by atoms with E-state index < -0.39 is 0 Å². The van der Waals surface area contributed by atoms with Crippen molar-refractivity contribution in [3.05, 3.63) is 28.2 Å². The molecule has 3 atom stereocenters. The van der Waals surface area contributed by atoms with E-state index in [0.29, 0.717) is 16.1 Å². The Morgan fingerprint density at radius 2 is 1.81 bits per heavy atom. The SMILES string of the molecule is N#CN1[C@H]2CC[C@@H]1[C@H](NC(=O)C1CCN(c3cc(Cl)cc(Cl)c3)CC1)C2. The van der Waals surface area contributed by atoms with E-state index in [9.17, 15) is 10.1 Å². The molecule has 138 valence electrons. The smallest absolute Gasteiger partial charge is 0.223 e. The van der Waals surface area contributed by atoms with Crippen LogP contribution in [0, 0.1) is 17.4 Å². The Morgan fingerprint density at radius 1 is 1.12 bits per heavy atom. The topological polar surface area (TPSA) is 59.4 Å². The summed E-state index contributed by atoms with van der Waals surface area (Å²) in [6.07, 6.45) is 6.92. The van der Waals surface area contributed by atoms with Gasteiger partial charge in [-0.15, -0.1) is 0 Å². The van der Waals surface area contributed by atoms with Gasteiger partial charge in [0, 0.05) is 40.8 Å². The van der Waals surface area contributed by atoms with Crippen LogP contribution in [0.3, 0.4) is 0 Å². The Kier molecular flexibility index (Phi) is 4.90. The highest BCUT2D eigenvalue weighted by atomic mass is 35.5. The summed E-state index contributed by atoms with van der Waals surface area (Å²) in [4.78, 5) is 16.8. The van der Waals surface area contributed by atoms with E-state index in [1.165, 1.54) is 0 Å². The number of fused-ring (bicyclic) bond motifs is 2. The highest BCUT2D eigenvalue weighted by Gasteiger charge is 2.47. The predicted octanol–water partition coefficient (Wildman–Crippen LogP) is 3.41. The molecule has 3 fully saturated rings. The van der Waals surface area contributed by atoms with Gasteiger partial charge >= 0.3 is 0 Å². The van der Waals surface area contributed by atoms with Gasteiger partial charge in [-0.05, 0) is 50.3 Å². The monoisotopic (exact) mass is 392 g/mol. The van der Waals surface area contributed by atoms with Crippen LogP contribution in [0.1, 0.15) is 32.1 Å². The number of hydrogen-bond acceptors (Lipinski definition) is 4. The second-order valence-electron chi connectivity index (χ2n) is 7.55. The molecule has 1 amide bonds. The number of nitrogens with zero attached hydrogens (tertiary/aromatic N) is 3. The van der Waals surface area contributed by atoms with Crippen LogP contribution < -0.4 is 10.2 Å². The normalized spacial score (nSPS) is 28.3. The van der Waals surface area contributed by atoms with Crippen LogP contribution in [-0.4, -0.2) is 42.0 Å². The molecule has 0 saturated carbocycles. The number of piperidine rings is 1. The Morgan fingerprint density at radius 3 is 2.42 bits per heavy atom. The number of nitriles is 1. The van der Waals surface area contributed by atoms with Crippen molar-refractivity contribution >= 4 is 34.8 Å². The molecule has 0 spiro atoms. The molecule has 4 rings (SSSR count). The minimum atomic E-state index is 0.0376. The molecular weight excluding hydrogens is 371 g/mol. The molecule has 5 nitrogen and oxygen atoms in total. The quantitative estimate of drug-likeness (QED) is 0.800. The highest BCUT2D eigenvalue weighted by Crippen LogP contribution is 2.37. The molecule has 3 aliphatic rings. The largest absolute Gasteiger partial charge is 0.371 e. The summed E-state index contributed by atoms with van der Waals surface area (Å²) in [7, 11) is 0. The summed E-state index contributed by atoms with van der Waals surface area (Å²) in [5, 5.41) is 13.7. The minimum absolute atomic E-state index is 0.0376. The average Bonchev–Trinajstić information content (AvgIpc) is 3.17. The van der Waals surface area contributed by atoms with Gasteiger partial charge in [-0.25, -0.2) is 0 Å². The second kappa shape index (κ2) is 7.17. The van der Waals surface area contributed by atoms with Crippen molar-refractivity contribution in [2.75, 3.05) is 18.0 Å². The van der Waals surface area contributed by atoms with Gasteiger partial charge < -0.3 is 15.1 Å². The van der Waals surface area contributed by atoms with Crippen molar-refractivity contribution in [1.82, 2.24) is 10.2 Å². The van der Waals surface area contributed by atoms with Crippen LogP contribution in [0.15, 0.2) is 18.2 Å². The summed E-state index contributed by atoms with van der Waals surface area (Å²) in [6, 6.07) is 6.21. The number of carbonyl (C=O) groups excluding carboxylic acids is 1. The first kappa shape index (κ1) is 17.8. The first-order valence-electron chi connectivity index (χ1n) is 9.24. The summed E-state index contributed by atoms with van der Waals surface area (Å²) < 4.78 is 0. The molecule has 0 aliphatic carbocycles. The van der Waals surface area contributed by atoms with E-state index in [0.717, 1.165) is 50.9 Å². The van der Waals surface area contributed by atoms with Crippen LogP contribution in [0.2, 0.25) is 10.0 Å². The Balaban J connectivity index is 1.32. The Labute approximate surface area is 163 Å². The number of halogens is 2. The van der Waals surface area contributed by atoms with Crippen LogP contribution in [0.4, 0.5) is 5.69 Å². The molecular formula is C19H22Cl2N4O. The number of rotatable bonds is 3. The van der Waals surface area contributed by atoms with Gasteiger partial charge in [0.15, 0.2) is 6.19 Å². The van der Waals surface area contributed by atoms with Crippen LogP contribution in [0.25, 0.3) is 0 Å². The van der Waals surface area contributed by atoms with Gasteiger partial charge in [0.05, 0.1) is 12.1 Å². The zero-order valence-electron chi connectivity index (χ0n) is 14.5. The number of nitrogens with one attached hydrogen (secondary N) is 1. The third-order valence-corrected chi connectivity index (χ3v) is 6.49. The molecule has 0 aromatic heterocycles. The summed E-state index contributed by atoms with van der Waals surface area (Å²) >= 11 is 12.2. The zero-order valence-corrected chi connectivity index (χ0v) is 16.0. The first-order valence-corrected chi connectivity index (χ1v) is 10.00. The standard InChI is InChI=1S/C19H22Cl2N4O/c20-13-7-14(21)9-16(8-13)24-5-3-12(4-6-24)19(26)23-17-10-15-1-2-18(17)25(15)11-22/h7-9,12,15,17-18H,1-6,10H2,(H,23,26)/t15-,17+,18+/m0/s1. The number of benzene rings is 1. The van der Waals surface area contributed by atoms with Crippen LogP contribution in [0.5, 0.6) is 0 Å². The fourth-order valence-electron chi connectivity index (χ4n) is 4.72. The molecule has 3 aliphatic heterocycles. The van der Waals surface area contributed by atoms with Crippen molar-refractivity contribution in [3.8, 4) is 6.19 Å². The van der Waals surface area contributed by atoms with Gasteiger partial charge in [0.1, 0.15) is 0 Å². The van der Waals surface area contributed by atoms with E-state index in [1.807, 2.05) is 17.0 Å². The molecule has 0 radical (unpaired) electrons. The Hall–Kier alpha value is -1.64. The van der Waals surface area contributed by atoms with Gasteiger partial charge in [-0.1, -0.05) is 23.2 Å². The molecule has 1 N–H and O–H groups in total. The van der Waals surface area contributed by atoms with Gasteiger partial charge in [0.2, 0.25) is 5.91 Å². The molecule has 0 unspecified atom stereocenters. The summed E-state index contributed by atoms with van der Waals surface area (Å²) in [6.45, 7) is 1.63. The second-order valence-corrected chi connectivity index (χ2v) is 8.42. The maximum atomic E-state index is 12.7. The maximum Gasteiger partial charge on any atom is 0.223 e. The van der Waals surface area contributed by atoms with Gasteiger partial charge in [0.25, 0.3) is 0 Å². The van der Waals surface area contributed by atoms with E-state index in [1.54, 1.807) is 6.07 Å². The van der Waals surface area contributed by atoms with Crippen LogP contribution in [-0.2, 0) is 4.79 Å². The van der Waals surface area contributed by atoms with Crippen molar-refractivity contribution < 1.29 is 4.79 Å². The number of anilines is 1. The van der Waals surface area contributed by atoms with E-state index in [4.69, 9.17) is 23.2 Å². The van der Waals surface area contributed by atoms with Crippen molar-refractivity contribution in [2.24, 2.45) is 5.92 Å².